The zero-order valence-corrected chi connectivity index (χ0v) is 8.45. The van der Waals surface area contributed by atoms with E-state index in [0.717, 1.165) is 6.42 Å². The molecule has 0 saturated carbocycles. The first kappa shape index (κ1) is 10.6. The zero-order valence-electron chi connectivity index (χ0n) is 8.45. The Labute approximate surface area is 83.6 Å². The van der Waals surface area contributed by atoms with Crippen LogP contribution in [0.1, 0.15) is 12.5 Å². The Morgan fingerprint density at radius 2 is 2.14 bits per heavy atom. The van der Waals surface area contributed by atoms with E-state index in [1.54, 1.807) is 7.11 Å². The molecule has 0 aliphatic rings. The maximum atomic E-state index is 10.1. The smallest absolute Gasteiger partial charge is 0.161 e. The number of aldehydes is 1. The third kappa shape index (κ3) is 2.49. The van der Waals surface area contributed by atoms with Crippen LogP contribution in [0.15, 0.2) is 18.2 Å². The van der Waals surface area contributed by atoms with E-state index in [0.29, 0.717) is 17.8 Å². The number of methoxy groups -OCH3 is 1. The molecule has 0 aliphatic carbocycles. The first-order valence-electron chi connectivity index (χ1n) is 4.55. The van der Waals surface area contributed by atoms with Crippen molar-refractivity contribution in [1.29, 1.82) is 0 Å². The van der Waals surface area contributed by atoms with Gasteiger partial charge in [-0.15, -0.1) is 0 Å². The van der Waals surface area contributed by atoms with Crippen molar-refractivity contribution in [3.63, 3.8) is 0 Å². The maximum Gasteiger partial charge on any atom is 0.161 e. The van der Waals surface area contributed by atoms with Crippen LogP contribution in [0, 0.1) is 0 Å². The fourth-order valence-corrected chi connectivity index (χ4v) is 1.17. The first-order chi connectivity index (χ1) is 6.81. The summed E-state index contributed by atoms with van der Waals surface area (Å²) in [6, 6.07) is 5.70. The van der Waals surface area contributed by atoms with Crippen molar-refractivity contribution in [3.05, 3.63) is 23.8 Å². The topological polar surface area (TPSA) is 35.5 Å². The fraction of sp³-hybridized carbons (Fsp3) is 0.364. The molecule has 76 valence electrons. The highest BCUT2D eigenvalue weighted by Gasteiger charge is 2.04. The highest BCUT2D eigenvalue weighted by atomic mass is 16.5. The maximum absolute atomic E-state index is 10.1. The van der Waals surface area contributed by atoms with E-state index in [-0.39, 0.29) is 6.61 Å². The van der Waals surface area contributed by atoms with Crippen LogP contribution in [0.5, 0.6) is 11.5 Å². The quantitative estimate of drug-likeness (QED) is 0.671. The van der Waals surface area contributed by atoms with E-state index < -0.39 is 0 Å². The summed E-state index contributed by atoms with van der Waals surface area (Å²) in [5.74, 6) is 1.28. The number of aryl methyl sites for hydroxylation is 1. The summed E-state index contributed by atoms with van der Waals surface area (Å²) in [5, 5.41) is 0. The van der Waals surface area contributed by atoms with Gasteiger partial charge in [0.15, 0.2) is 17.8 Å². The molecule has 1 aromatic carbocycles. The molecule has 0 atom stereocenters. The van der Waals surface area contributed by atoms with Crippen LogP contribution in [0.25, 0.3) is 0 Å². The van der Waals surface area contributed by atoms with E-state index in [1.807, 2.05) is 18.2 Å². The second kappa shape index (κ2) is 5.27. The first-order valence-corrected chi connectivity index (χ1v) is 4.55. The Balaban J connectivity index is 2.87. The van der Waals surface area contributed by atoms with Gasteiger partial charge in [0.2, 0.25) is 0 Å². The van der Waals surface area contributed by atoms with E-state index in [4.69, 9.17) is 9.47 Å². The molecule has 0 fully saturated rings. The minimum absolute atomic E-state index is 0.0574. The zero-order chi connectivity index (χ0) is 10.4. The van der Waals surface area contributed by atoms with Gasteiger partial charge in [0.25, 0.3) is 0 Å². The van der Waals surface area contributed by atoms with Gasteiger partial charge >= 0.3 is 0 Å². The standard InChI is InChI=1S/C11H14O3/c1-3-9-4-5-10(14-7-6-12)11(8-9)13-2/h4-6,8H,3,7H2,1-2H3. The lowest BCUT2D eigenvalue weighted by Gasteiger charge is -2.09. The van der Waals surface area contributed by atoms with Gasteiger partial charge in [-0.2, -0.15) is 0 Å². The molecule has 0 heterocycles. The van der Waals surface area contributed by atoms with Crippen molar-refractivity contribution in [3.8, 4) is 11.5 Å². The number of rotatable bonds is 5. The third-order valence-corrected chi connectivity index (χ3v) is 1.94. The Hall–Kier alpha value is -1.51. The molecule has 0 saturated heterocycles. The van der Waals surface area contributed by atoms with Crippen LogP contribution in [-0.4, -0.2) is 20.0 Å². The van der Waals surface area contributed by atoms with Crippen LogP contribution in [-0.2, 0) is 11.2 Å². The average molecular weight is 194 g/mol. The number of ether oxygens (including phenoxy) is 2. The molecule has 1 aromatic rings. The van der Waals surface area contributed by atoms with E-state index >= 15 is 0 Å². The van der Waals surface area contributed by atoms with Gasteiger partial charge < -0.3 is 9.47 Å². The molecule has 0 N–H and O–H groups in total. The second-order valence-corrected chi connectivity index (χ2v) is 2.82. The largest absolute Gasteiger partial charge is 0.493 e. The number of hydrogen-bond acceptors (Lipinski definition) is 3. The van der Waals surface area contributed by atoms with Crippen molar-refractivity contribution in [1.82, 2.24) is 0 Å². The van der Waals surface area contributed by atoms with Crippen LogP contribution in [0.4, 0.5) is 0 Å². The Kier molecular flexibility index (Phi) is 3.98. The Morgan fingerprint density at radius 3 is 2.71 bits per heavy atom. The molecule has 3 heteroatoms. The molecule has 0 spiro atoms. The predicted molar refractivity (Wildman–Crippen MR) is 53.9 cm³/mol. The molecular weight excluding hydrogens is 180 g/mol. The van der Waals surface area contributed by atoms with Crippen LogP contribution < -0.4 is 9.47 Å². The van der Waals surface area contributed by atoms with Crippen molar-refractivity contribution >= 4 is 6.29 Å². The molecule has 3 nitrogen and oxygen atoms in total. The minimum atomic E-state index is 0.0574. The Bertz CT molecular complexity index is 307. The van der Waals surface area contributed by atoms with Gasteiger partial charge in [-0.3, -0.25) is 4.79 Å². The fourth-order valence-electron chi connectivity index (χ4n) is 1.17. The summed E-state index contributed by atoms with van der Waals surface area (Å²) in [6.07, 6.45) is 1.66. The lowest BCUT2D eigenvalue weighted by atomic mass is 10.1. The van der Waals surface area contributed by atoms with Crippen LogP contribution >= 0.6 is 0 Å². The van der Waals surface area contributed by atoms with E-state index in [9.17, 15) is 4.79 Å². The van der Waals surface area contributed by atoms with Gasteiger partial charge in [-0.1, -0.05) is 13.0 Å². The molecule has 0 aliphatic heterocycles. The van der Waals surface area contributed by atoms with Crippen molar-refractivity contribution in [2.75, 3.05) is 13.7 Å². The number of carbonyl (C=O) groups excluding carboxylic acids is 1. The van der Waals surface area contributed by atoms with Crippen LogP contribution in [0.2, 0.25) is 0 Å². The monoisotopic (exact) mass is 194 g/mol. The van der Waals surface area contributed by atoms with Gasteiger partial charge in [-0.25, -0.2) is 0 Å². The average Bonchev–Trinajstić information content (AvgIpc) is 2.26. The minimum Gasteiger partial charge on any atom is -0.493 e. The van der Waals surface area contributed by atoms with Gasteiger partial charge in [-0.05, 0) is 24.1 Å². The second-order valence-electron chi connectivity index (χ2n) is 2.82. The third-order valence-electron chi connectivity index (χ3n) is 1.94. The summed E-state index contributed by atoms with van der Waals surface area (Å²) in [6.45, 7) is 2.13. The summed E-state index contributed by atoms with van der Waals surface area (Å²) in [5.41, 5.74) is 1.18. The molecular formula is C11H14O3. The molecule has 14 heavy (non-hydrogen) atoms. The van der Waals surface area contributed by atoms with E-state index in [1.165, 1.54) is 5.56 Å². The van der Waals surface area contributed by atoms with Gasteiger partial charge in [0, 0.05) is 0 Å². The summed E-state index contributed by atoms with van der Waals surface area (Å²) >= 11 is 0. The summed E-state index contributed by atoms with van der Waals surface area (Å²) in [4.78, 5) is 10.1. The highest BCUT2D eigenvalue weighted by Crippen LogP contribution is 2.27. The van der Waals surface area contributed by atoms with Crippen molar-refractivity contribution in [2.24, 2.45) is 0 Å². The van der Waals surface area contributed by atoms with Gasteiger partial charge in [0.05, 0.1) is 7.11 Å². The summed E-state index contributed by atoms with van der Waals surface area (Å²) < 4.78 is 10.3. The molecule has 0 radical (unpaired) electrons. The van der Waals surface area contributed by atoms with E-state index in [2.05, 4.69) is 6.92 Å². The SMILES string of the molecule is CCc1ccc(OCC=O)c(OC)c1. The van der Waals surface area contributed by atoms with Crippen molar-refractivity contribution < 1.29 is 14.3 Å². The molecule has 0 amide bonds. The molecule has 0 bridgehead atoms. The normalized spacial score (nSPS) is 9.57. The number of carbonyl (C=O) groups is 1. The Morgan fingerprint density at radius 1 is 1.36 bits per heavy atom. The molecule has 0 unspecified atom stereocenters. The summed E-state index contributed by atoms with van der Waals surface area (Å²) in [7, 11) is 1.59. The van der Waals surface area contributed by atoms with Gasteiger partial charge in [0.1, 0.15) is 6.61 Å². The van der Waals surface area contributed by atoms with Crippen molar-refractivity contribution in [2.45, 2.75) is 13.3 Å². The lowest BCUT2D eigenvalue weighted by molar-refractivity contribution is -0.109. The molecule has 0 aromatic heterocycles. The number of benzene rings is 1. The van der Waals surface area contributed by atoms with Crippen LogP contribution in [0.3, 0.4) is 0 Å². The number of hydrogen-bond donors (Lipinski definition) is 0. The molecule has 1 rings (SSSR count). The predicted octanol–water partition coefficient (Wildman–Crippen LogP) is 1.84. The lowest BCUT2D eigenvalue weighted by Crippen LogP contribution is -2.00. The highest BCUT2D eigenvalue weighted by molar-refractivity contribution is 5.52.